The lowest BCUT2D eigenvalue weighted by molar-refractivity contribution is -0.384. The minimum atomic E-state index is -0.794. The molecular weight excluding hydrogens is 378 g/mol. The van der Waals surface area contributed by atoms with E-state index in [-0.39, 0.29) is 30.3 Å². The molecule has 0 aliphatic rings. The summed E-state index contributed by atoms with van der Waals surface area (Å²) in [4.78, 5) is 46.7. The topological polar surface area (TPSA) is 113 Å². The predicted molar refractivity (Wildman–Crippen MR) is 104 cm³/mol. The minimum absolute atomic E-state index is 0.104. The lowest BCUT2D eigenvalue weighted by Gasteiger charge is -2.07. The lowest BCUT2D eigenvalue weighted by Crippen LogP contribution is -2.18. The van der Waals surface area contributed by atoms with Gasteiger partial charge in [0.15, 0.2) is 5.78 Å². The van der Waals surface area contributed by atoms with Crippen LogP contribution in [0.3, 0.4) is 0 Å². The van der Waals surface area contributed by atoms with Gasteiger partial charge < -0.3 is 9.47 Å². The molecule has 0 radical (unpaired) electrons. The molecule has 2 aromatic rings. The molecule has 0 aromatic heterocycles. The van der Waals surface area contributed by atoms with E-state index in [9.17, 15) is 24.5 Å². The van der Waals surface area contributed by atoms with E-state index >= 15 is 0 Å². The number of nitrogens with zero attached hydrogens (tertiary/aromatic N) is 1. The number of ether oxygens (including phenoxy) is 2. The maximum absolute atomic E-state index is 12.5. The van der Waals surface area contributed by atoms with Crippen LogP contribution in [0.4, 0.5) is 5.69 Å². The third kappa shape index (κ3) is 5.58. The van der Waals surface area contributed by atoms with Crippen molar-refractivity contribution in [3.05, 3.63) is 80.9 Å². The van der Waals surface area contributed by atoms with Crippen molar-refractivity contribution in [1.29, 1.82) is 0 Å². The lowest BCUT2D eigenvalue weighted by atomic mass is 10.0. The Balaban J connectivity index is 2.25. The summed E-state index contributed by atoms with van der Waals surface area (Å²) in [6, 6.07) is 11.5. The molecule has 8 heteroatoms. The summed E-state index contributed by atoms with van der Waals surface area (Å²) < 4.78 is 9.76. The van der Waals surface area contributed by atoms with Crippen molar-refractivity contribution in [2.75, 3.05) is 13.2 Å². The van der Waals surface area contributed by atoms with Crippen molar-refractivity contribution in [2.45, 2.75) is 13.8 Å². The van der Waals surface area contributed by atoms with Crippen molar-refractivity contribution >= 4 is 29.5 Å². The van der Waals surface area contributed by atoms with E-state index in [2.05, 4.69) is 0 Å². The monoisotopic (exact) mass is 397 g/mol. The molecule has 0 N–H and O–H groups in total. The molecule has 0 aliphatic carbocycles. The van der Waals surface area contributed by atoms with Crippen LogP contribution in [0.5, 0.6) is 0 Å². The smallest absolute Gasteiger partial charge is 0.345 e. The minimum Gasteiger partial charge on any atom is -0.462 e. The number of hydrogen-bond donors (Lipinski definition) is 0. The number of ketones is 1. The number of carbonyl (C=O) groups is 3. The molecule has 29 heavy (non-hydrogen) atoms. The van der Waals surface area contributed by atoms with E-state index in [1.807, 2.05) is 0 Å². The zero-order valence-electron chi connectivity index (χ0n) is 15.9. The first-order valence-corrected chi connectivity index (χ1v) is 8.82. The Labute approximate surface area is 166 Å². The van der Waals surface area contributed by atoms with Crippen molar-refractivity contribution in [2.24, 2.45) is 0 Å². The van der Waals surface area contributed by atoms with Gasteiger partial charge in [-0.25, -0.2) is 9.59 Å². The zero-order valence-corrected chi connectivity index (χ0v) is 15.9. The van der Waals surface area contributed by atoms with Gasteiger partial charge in [0.1, 0.15) is 5.57 Å². The Morgan fingerprint density at radius 3 is 1.72 bits per heavy atom. The van der Waals surface area contributed by atoms with Crippen molar-refractivity contribution in [3.63, 3.8) is 0 Å². The van der Waals surface area contributed by atoms with Crippen LogP contribution < -0.4 is 0 Å². The van der Waals surface area contributed by atoms with Gasteiger partial charge in [-0.1, -0.05) is 24.3 Å². The number of nitro groups is 1. The molecule has 0 saturated heterocycles. The maximum Gasteiger partial charge on any atom is 0.345 e. The molecule has 0 bridgehead atoms. The molecule has 0 unspecified atom stereocenters. The fourth-order valence-corrected chi connectivity index (χ4v) is 2.42. The summed E-state index contributed by atoms with van der Waals surface area (Å²) in [5.74, 6) is -1.90. The Hall–Kier alpha value is -3.81. The van der Waals surface area contributed by atoms with Crippen LogP contribution in [-0.4, -0.2) is 35.9 Å². The summed E-state index contributed by atoms with van der Waals surface area (Å²) in [5, 5.41) is 10.7. The molecular formula is C21H19NO7. The highest BCUT2D eigenvalue weighted by Gasteiger charge is 2.21. The van der Waals surface area contributed by atoms with Crippen LogP contribution >= 0.6 is 0 Å². The highest BCUT2D eigenvalue weighted by molar-refractivity contribution is 6.17. The Kier molecular flexibility index (Phi) is 7.36. The van der Waals surface area contributed by atoms with Gasteiger partial charge >= 0.3 is 11.9 Å². The average Bonchev–Trinajstić information content (AvgIpc) is 2.72. The van der Waals surface area contributed by atoms with Crippen LogP contribution in [-0.2, 0) is 19.1 Å². The second kappa shape index (κ2) is 9.93. The van der Waals surface area contributed by atoms with Gasteiger partial charge in [0.05, 0.1) is 18.1 Å². The molecule has 0 spiro atoms. The first-order chi connectivity index (χ1) is 13.9. The van der Waals surface area contributed by atoms with E-state index in [4.69, 9.17) is 9.47 Å². The van der Waals surface area contributed by atoms with E-state index in [1.54, 1.807) is 26.0 Å². The molecule has 2 rings (SSSR count). The number of esters is 2. The molecule has 0 fully saturated rings. The van der Waals surface area contributed by atoms with E-state index in [1.165, 1.54) is 42.5 Å². The number of hydrogen-bond acceptors (Lipinski definition) is 7. The van der Waals surface area contributed by atoms with E-state index < -0.39 is 16.9 Å². The summed E-state index contributed by atoms with van der Waals surface area (Å²) >= 11 is 0. The molecule has 2 aromatic carbocycles. The number of rotatable bonds is 8. The maximum atomic E-state index is 12.5. The number of carbonyl (C=O) groups excluding carboxylic acids is 3. The predicted octanol–water partition coefficient (Wildman–Crippen LogP) is 3.34. The van der Waals surface area contributed by atoms with Gasteiger partial charge in [-0.05, 0) is 37.6 Å². The number of non-ortho nitro benzene ring substituents is 1. The van der Waals surface area contributed by atoms with Gasteiger partial charge in [0.25, 0.3) is 5.69 Å². The third-order valence-electron chi connectivity index (χ3n) is 3.81. The summed E-state index contributed by atoms with van der Waals surface area (Å²) in [5.41, 5.74) is 0.805. The Morgan fingerprint density at radius 1 is 0.862 bits per heavy atom. The van der Waals surface area contributed by atoms with Gasteiger partial charge in [-0.3, -0.25) is 14.9 Å². The van der Waals surface area contributed by atoms with Crippen LogP contribution in [0.2, 0.25) is 0 Å². The molecule has 0 atom stereocenters. The molecule has 0 saturated carbocycles. The fourth-order valence-electron chi connectivity index (χ4n) is 2.42. The average molecular weight is 397 g/mol. The third-order valence-corrected chi connectivity index (χ3v) is 3.81. The first kappa shape index (κ1) is 21.5. The molecule has 8 nitrogen and oxygen atoms in total. The van der Waals surface area contributed by atoms with E-state index in [0.717, 1.165) is 0 Å². The fraction of sp³-hybridized carbons (Fsp3) is 0.190. The Bertz CT molecular complexity index is 924. The highest BCUT2D eigenvalue weighted by Crippen LogP contribution is 2.17. The second-order valence-corrected chi connectivity index (χ2v) is 5.75. The summed E-state index contributed by atoms with van der Waals surface area (Å²) in [7, 11) is 0. The summed E-state index contributed by atoms with van der Waals surface area (Å²) in [6.07, 6.45) is 1.33. The van der Waals surface area contributed by atoms with Gasteiger partial charge in [-0.2, -0.15) is 0 Å². The zero-order chi connectivity index (χ0) is 21.4. The molecule has 0 amide bonds. The van der Waals surface area contributed by atoms with Crippen LogP contribution in [0.25, 0.3) is 6.08 Å². The first-order valence-electron chi connectivity index (χ1n) is 8.82. The molecule has 0 aliphatic heterocycles. The quantitative estimate of drug-likeness (QED) is 0.128. The van der Waals surface area contributed by atoms with Gasteiger partial charge in [0, 0.05) is 23.3 Å². The van der Waals surface area contributed by atoms with Crippen LogP contribution in [0.15, 0.2) is 54.1 Å². The van der Waals surface area contributed by atoms with Crippen molar-refractivity contribution in [1.82, 2.24) is 0 Å². The number of benzene rings is 2. The van der Waals surface area contributed by atoms with Gasteiger partial charge in [0.2, 0.25) is 0 Å². The normalized spacial score (nSPS) is 10.0. The largest absolute Gasteiger partial charge is 0.462 e. The molecule has 150 valence electrons. The highest BCUT2D eigenvalue weighted by atomic mass is 16.6. The van der Waals surface area contributed by atoms with Gasteiger partial charge in [-0.15, -0.1) is 0 Å². The Morgan fingerprint density at radius 2 is 1.31 bits per heavy atom. The van der Waals surface area contributed by atoms with Crippen molar-refractivity contribution < 1.29 is 28.8 Å². The summed E-state index contributed by atoms with van der Waals surface area (Å²) in [6.45, 7) is 3.47. The number of nitro benzene ring substituents is 1. The standard InChI is InChI=1S/C21H19NO7/c1-3-28-20(24)18(21(25)29-4-2)13-14-5-7-15(8-6-14)19(23)16-9-11-17(12-10-16)22(26)27/h5-13H,3-4H2,1-2H3. The van der Waals surface area contributed by atoms with Crippen LogP contribution in [0.1, 0.15) is 35.3 Å². The second-order valence-electron chi connectivity index (χ2n) is 5.75. The van der Waals surface area contributed by atoms with Crippen molar-refractivity contribution in [3.8, 4) is 0 Å². The van der Waals surface area contributed by atoms with E-state index in [0.29, 0.717) is 16.7 Å². The van der Waals surface area contributed by atoms with Crippen LogP contribution in [0, 0.1) is 10.1 Å². The SMILES string of the molecule is CCOC(=O)C(=Cc1ccc(C(=O)c2ccc([N+](=O)[O-])cc2)cc1)C(=O)OCC. The molecule has 0 heterocycles.